The predicted molar refractivity (Wildman–Crippen MR) is 45.7 cm³/mol. The van der Waals surface area contributed by atoms with Crippen LogP contribution in [-0.4, -0.2) is 30.0 Å². The van der Waals surface area contributed by atoms with Gasteiger partial charge >= 0.3 is 0 Å². The van der Waals surface area contributed by atoms with Crippen molar-refractivity contribution < 1.29 is 9.84 Å². The van der Waals surface area contributed by atoms with Gasteiger partial charge in [0, 0.05) is 12.6 Å². The second kappa shape index (κ2) is 2.98. The Balaban J connectivity index is 2.03. The summed E-state index contributed by atoms with van der Waals surface area (Å²) in [4.78, 5) is 0. The Hall–Kier alpha value is -0.120. The van der Waals surface area contributed by atoms with Crippen LogP contribution < -0.4 is 5.73 Å². The van der Waals surface area contributed by atoms with Gasteiger partial charge in [0.2, 0.25) is 0 Å². The fraction of sp³-hybridized carbons (Fsp3) is 1.00. The Kier molecular flexibility index (Phi) is 2.10. The molecule has 0 radical (unpaired) electrons. The minimum atomic E-state index is -0.388. The van der Waals surface area contributed by atoms with Crippen LogP contribution in [0.25, 0.3) is 0 Å². The van der Waals surface area contributed by atoms with E-state index in [0.717, 1.165) is 19.4 Å². The van der Waals surface area contributed by atoms with Crippen molar-refractivity contribution in [3.8, 4) is 0 Å². The number of aliphatic hydroxyl groups excluding tert-OH is 1. The minimum absolute atomic E-state index is 0.0602. The van der Waals surface area contributed by atoms with Gasteiger partial charge < -0.3 is 15.6 Å². The second-order valence-corrected chi connectivity index (χ2v) is 4.04. The van der Waals surface area contributed by atoms with E-state index in [4.69, 9.17) is 10.5 Å². The summed E-state index contributed by atoms with van der Waals surface area (Å²) in [6.45, 7) is 0.853. The van der Waals surface area contributed by atoms with Crippen LogP contribution in [0.4, 0.5) is 0 Å². The van der Waals surface area contributed by atoms with E-state index in [0.29, 0.717) is 5.92 Å². The highest BCUT2D eigenvalue weighted by Crippen LogP contribution is 2.40. The molecule has 0 bridgehead atoms. The average molecular weight is 171 g/mol. The van der Waals surface area contributed by atoms with E-state index in [9.17, 15) is 5.11 Å². The van der Waals surface area contributed by atoms with Gasteiger partial charge in [0.25, 0.3) is 0 Å². The van der Waals surface area contributed by atoms with Gasteiger partial charge in [0.05, 0.1) is 6.61 Å². The highest BCUT2D eigenvalue weighted by molar-refractivity contribution is 5.01. The molecule has 0 spiro atoms. The summed E-state index contributed by atoms with van der Waals surface area (Å²) in [5, 5.41) is 9.26. The lowest BCUT2D eigenvalue weighted by Gasteiger charge is -2.32. The molecule has 2 rings (SSSR count). The van der Waals surface area contributed by atoms with Gasteiger partial charge in [-0.15, -0.1) is 0 Å². The van der Waals surface area contributed by atoms with Crippen LogP contribution in [0.1, 0.15) is 25.7 Å². The van der Waals surface area contributed by atoms with Crippen LogP contribution in [0.5, 0.6) is 0 Å². The molecule has 12 heavy (non-hydrogen) atoms. The second-order valence-electron chi connectivity index (χ2n) is 4.04. The van der Waals surface area contributed by atoms with Crippen molar-refractivity contribution in [2.45, 2.75) is 37.3 Å². The van der Waals surface area contributed by atoms with Gasteiger partial charge in [0.15, 0.2) is 0 Å². The SMILES string of the molecule is N[C@@H](C1CC1)[C@@]1(CO)CCCO1. The van der Waals surface area contributed by atoms with Gasteiger partial charge in [-0.05, 0) is 31.6 Å². The molecule has 0 aromatic heterocycles. The van der Waals surface area contributed by atoms with Crippen LogP contribution in [0.15, 0.2) is 0 Å². The summed E-state index contributed by atoms with van der Waals surface area (Å²) in [6.07, 6.45) is 4.40. The van der Waals surface area contributed by atoms with E-state index < -0.39 is 0 Å². The quantitative estimate of drug-likeness (QED) is 0.640. The fourth-order valence-electron chi connectivity index (χ4n) is 2.10. The molecule has 2 aliphatic rings. The predicted octanol–water partition coefficient (Wildman–Crippen LogP) is 0.265. The molecule has 1 saturated heterocycles. The number of hydrogen-bond acceptors (Lipinski definition) is 3. The lowest BCUT2D eigenvalue weighted by atomic mass is 9.89. The molecule has 3 nitrogen and oxygen atoms in total. The number of aliphatic hydroxyl groups is 1. The first kappa shape index (κ1) is 8.48. The van der Waals surface area contributed by atoms with E-state index in [1.165, 1.54) is 12.8 Å². The van der Waals surface area contributed by atoms with Crippen molar-refractivity contribution in [3.63, 3.8) is 0 Å². The van der Waals surface area contributed by atoms with Gasteiger partial charge in [-0.3, -0.25) is 0 Å². The molecule has 3 heteroatoms. The van der Waals surface area contributed by atoms with Crippen LogP contribution in [0.3, 0.4) is 0 Å². The van der Waals surface area contributed by atoms with Crippen LogP contribution in [-0.2, 0) is 4.74 Å². The standard InChI is InChI=1S/C9H17NO2/c10-8(7-2-3-7)9(6-11)4-1-5-12-9/h7-8,11H,1-6,10H2/t8-,9-/m0/s1. The van der Waals surface area contributed by atoms with E-state index in [-0.39, 0.29) is 18.2 Å². The molecule has 0 amide bonds. The van der Waals surface area contributed by atoms with Crippen LogP contribution >= 0.6 is 0 Å². The normalized spacial score (nSPS) is 38.5. The maximum absolute atomic E-state index is 9.26. The number of nitrogens with two attached hydrogens (primary N) is 1. The van der Waals surface area contributed by atoms with Gasteiger partial charge in [-0.1, -0.05) is 0 Å². The van der Waals surface area contributed by atoms with Gasteiger partial charge in [0.1, 0.15) is 5.60 Å². The first-order valence-corrected chi connectivity index (χ1v) is 4.79. The Labute approximate surface area is 72.9 Å². The molecule has 0 unspecified atom stereocenters. The molecule has 2 atom stereocenters. The van der Waals surface area contributed by atoms with E-state index in [2.05, 4.69) is 0 Å². The third-order valence-electron chi connectivity index (χ3n) is 3.14. The Bertz CT molecular complexity index is 162. The summed E-state index contributed by atoms with van der Waals surface area (Å²) < 4.78 is 5.58. The molecule has 70 valence electrons. The Morgan fingerprint density at radius 1 is 1.58 bits per heavy atom. The molecular formula is C9H17NO2. The number of hydrogen-bond donors (Lipinski definition) is 2. The lowest BCUT2D eigenvalue weighted by molar-refractivity contribution is -0.0603. The lowest BCUT2D eigenvalue weighted by Crippen LogP contribution is -2.51. The molecule has 1 aliphatic heterocycles. The Morgan fingerprint density at radius 3 is 2.75 bits per heavy atom. The molecule has 3 N–H and O–H groups in total. The van der Waals surface area contributed by atoms with Crippen molar-refractivity contribution in [2.75, 3.05) is 13.2 Å². The van der Waals surface area contributed by atoms with Crippen molar-refractivity contribution in [2.24, 2.45) is 11.7 Å². The molecule has 1 heterocycles. The maximum atomic E-state index is 9.26. The highest BCUT2D eigenvalue weighted by atomic mass is 16.5. The van der Waals surface area contributed by atoms with Crippen LogP contribution in [0.2, 0.25) is 0 Å². The molecule has 1 aliphatic carbocycles. The van der Waals surface area contributed by atoms with E-state index in [1.54, 1.807) is 0 Å². The summed E-state index contributed by atoms with van der Waals surface area (Å²) >= 11 is 0. The molecule has 0 aromatic rings. The summed E-state index contributed by atoms with van der Waals surface area (Å²) in [6, 6.07) is 0.0602. The van der Waals surface area contributed by atoms with Crippen molar-refractivity contribution in [3.05, 3.63) is 0 Å². The third-order valence-corrected chi connectivity index (χ3v) is 3.14. The van der Waals surface area contributed by atoms with Crippen molar-refractivity contribution in [1.29, 1.82) is 0 Å². The summed E-state index contributed by atoms with van der Waals surface area (Å²) in [5.74, 6) is 0.607. The molecular weight excluding hydrogens is 154 g/mol. The molecule has 0 aromatic carbocycles. The number of ether oxygens (including phenoxy) is 1. The molecule has 2 fully saturated rings. The smallest absolute Gasteiger partial charge is 0.106 e. The highest BCUT2D eigenvalue weighted by Gasteiger charge is 2.47. The monoisotopic (exact) mass is 171 g/mol. The average Bonchev–Trinajstić information content (AvgIpc) is 2.83. The van der Waals surface area contributed by atoms with Gasteiger partial charge in [-0.2, -0.15) is 0 Å². The van der Waals surface area contributed by atoms with E-state index in [1.807, 2.05) is 0 Å². The Morgan fingerprint density at radius 2 is 2.33 bits per heavy atom. The topological polar surface area (TPSA) is 55.5 Å². The third kappa shape index (κ3) is 1.26. The summed E-state index contributed by atoms with van der Waals surface area (Å²) in [5.41, 5.74) is 5.66. The largest absolute Gasteiger partial charge is 0.393 e. The molecule has 1 saturated carbocycles. The maximum Gasteiger partial charge on any atom is 0.106 e. The fourth-order valence-corrected chi connectivity index (χ4v) is 2.10. The van der Waals surface area contributed by atoms with Crippen molar-refractivity contribution >= 4 is 0 Å². The zero-order chi connectivity index (χ0) is 8.60. The van der Waals surface area contributed by atoms with Gasteiger partial charge in [-0.25, -0.2) is 0 Å². The van der Waals surface area contributed by atoms with Crippen molar-refractivity contribution in [1.82, 2.24) is 0 Å². The van der Waals surface area contributed by atoms with Crippen LogP contribution in [0, 0.1) is 5.92 Å². The zero-order valence-corrected chi connectivity index (χ0v) is 7.33. The summed E-state index contributed by atoms with van der Waals surface area (Å²) in [7, 11) is 0. The van der Waals surface area contributed by atoms with E-state index >= 15 is 0 Å². The number of rotatable bonds is 3. The first-order valence-electron chi connectivity index (χ1n) is 4.79. The first-order chi connectivity index (χ1) is 5.78. The zero-order valence-electron chi connectivity index (χ0n) is 7.33. The minimum Gasteiger partial charge on any atom is -0.393 e.